The first kappa shape index (κ1) is 30.5. The molecule has 4 aromatic rings. The number of aromatic nitrogens is 3. The number of nitrogen functional groups attached to an aromatic ring is 1. The number of carbonyl (C=O) groups excluding carboxylic acids is 1. The van der Waals surface area contributed by atoms with E-state index in [1.54, 1.807) is 52.0 Å². The molecule has 2 aromatic heterocycles. The van der Waals surface area contributed by atoms with E-state index in [-0.39, 0.29) is 13.2 Å². The fourth-order valence-electron chi connectivity index (χ4n) is 4.31. The molecule has 3 N–H and O–H groups in total. The van der Waals surface area contributed by atoms with Crippen molar-refractivity contribution in [1.82, 2.24) is 19.6 Å². The lowest BCUT2D eigenvalue weighted by Gasteiger charge is -2.27. The van der Waals surface area contributed by atoms with Gasteiger partial charge in [-0.15, -0.1) is 0 Å². The molecule has 220 valence electrons. The second-order valence-corrected chi connectivity index (χ2v) is 12.4. The van der Waals surface area contributed by atoms with Crippen molar-refractivity contribution in [3.05, 3.63) is 60.4 Å². The molecule has 0 aliphatic rings. The number of benzene rings is 2. The van der Waals surface area contributed by atoms with E-state index in [1.807, 2.05) is 48.7 Å². The Morgan fingerprint density at radius 1 is 1.07 bits per heavy atom. The number of para-hydroxylation sites is 2. The summed E-state index contributed by atoms with van der Waals surface area (Å²) in [6, 6.07) is 14.9. The zero-order valence-corrected chi connectivity index (χ0v) is 25.2. The predicted molar refractivity (Wildman–Crippen MR) is 159 cm³/mol. The van der Waals surface area contributed by atoms with Crippen molar-refractivity contribution in [3.8, 4) is 5.75 Å². The van der Waals surface area contributed by atoms with Crippen LogP contribution in [0.5, 0.6) is 5.75 Å². The Morgan fingerprint density at radius 3 is 2.44 bits per heavy atom. The Kier molecular flexibility index (Phi) is 9.34. The molecule has 0 aliphatic heterocycles. The topological polar surface area (TPSA) is 140 Å². The van der Waals surface area contributed by atoms with Gasteiger partial charge < -0.3 is 24.3 Å². The van der Waals surface area contributed by atoms with E-state index in [2.05, 4.69) is 10.1 Å². The summed E-state index contributed by atoms with van der Waals surface area (Å²) in [5.41, 5.74) is 7.64. The lowest BCUT2D eigenvalue weighted by atomic mass is 10.1. The van der Waals surface area contributed by atoms with Crippen molar-refractivity contribution >= 4 is 41.5 Å². The Balaban J connectivity index is 1.68. The van der Waals surface area contributed by atoms with Crippen LogP contribution in [0.3, 0.4) is 0 Å². The van der Waals surface area contributed by atoms with E-state index in [0.717, 1.165) is 16.4 Å². The number of carbonyl (C=O) groups is 1. The van der Waals surface area contributed by atoms with Crippen LogP contribution in [0.2, 0.25) is 0 Å². The van der Waals surface area contributed by atoms with Gasteiger partial charge in [-0.1, -0.05) is 36.4 Å². The number of imidazole rings is 1. The molecule has 0 bridgehead atoms. The van der Waals surface area contributed by atoms with Crippen molar-refractivity contribution < 1.29 is 27.9 Å². The van der Waals surface area contributed by atoms with Gasteiger partial charge >= 0.3 is 13.7 Å². The molecule has 2 aromatic carbocycles. The summed E-state index contributed by atoms with van der Waals surface area (Å²) in [7, 11) is -4.08. The van der Waals surface area contributed by atoms with Crippen molar-refractivity contribution in [2.75, 3.05) is 18.9 Å². The van der Waals surface area contributed by atoms with E-state index >= 15 is 0 Å². The van der Waals surface area contributed by atoms with E-state index in [4.69, 9.17) is 29.2 Å². The first-order valence-corrected chi connectivity index (χ1v) is 15.1. The van der Waals surface area contributed by atoms with Crippen LogP contribution < -0.4 is 15.3 Å². The van der Waals surface area contributed by atoms with Crippen molar-refractivity contribution in [2.45, 2.75) is 65.8 Å². The van der Waals surface area contributed by atoms with Crippen LogP contribution in [0.4, 0.5) is 5.82 Å². The minimum atomic E-state index is -4.08. The highest BCUT2D eigenvalue weighted by Crippen LogP contribution is 2.46. The molecule has 3 atom stereocenters. The number of rotatable bonds is 12. The molecular weight excluding hydrogens is 545 g/mol. The highest BCUT2D eigenvalue weighted by atomic mass is 31.2. The number of nitrogens with two attached hydrogens (primary N) is 1. The number of pyridine rings is 1. The number of nitrogens with one attached hydrogen (secondary N) is 1. The third kappa shape index (κ3) is 7.42. The van der Waals surface area contributed by atoms with Gasteiger partial charge in [-0.3, -0.25) is 9.32 Å². The maximum Gasteiger partial charge on any atom is 0.459 e. The molecule has 41 heavy (non-hydrogen) atoms. The molecule has 0 saturated carbocycles. The van der Waals surface area contributed by atoms with E-state index in [9.17, 15) is 9.36 Å². The van der Waals surface area contributed by atoms with E-state index < -0.39 is 31.4 Å². The van der Waals surface area contributed by atoms with Gasteiger partial charge in [0.1, 0.15) is 35.3 Å². The normalized spacial score (nSPS) is 15.0. The van der Waals surface area contributed by atoms with Crippen molar-refractivity contribution in [1.29, 1.82) is 0 Å². The van der Waals surface area contributed by atoms with Gasteiger partial charge in [0.2, 0.25) is 0 Å². The Morgan fingerprint density at radius 2 is 1.76 bits per heavy atom. The molecule has 0 fully saturated rings. The van der Waals surface area contributed by atoms with Crippen LogP contribution in [0.15, 0.2) is 54.6 Å². The zero-order chi connectivity index (χ0) is 29.8. The van der Waals surface area contributed by atoms with Crippen LogP contribution in [0.1, 0.15) is 53.4 Å². The lowest BCUT2D eigenvalue weighted by molar-refractivity contribution is -0.156. The highest BCUT2D eigenvalue weighted by molar-refractivity contribution is 7.52. The fourth-order valence-corrected chi connectivity index (χ4v) is 5.88. The molecule has 0 aliphatic carbocycles. The standard InChI is InChI=1S/C29H38N5O6P/c1-7-37-18-24-32-25-26(22-15-11-12-16-23(22)31-27(25)30)34(24)19(2)17-38-41(36,40-21-13-9-8-10-14-21)33-20(3)28(35)39-29(4,5)6/h8-16,19-20H,7,17-18H2,1-6H3,(H2,30,31)(H,33,36)/t19-,20-,41-/m0/s1. The SMILES string of the molecule is CCOCc1nc2c(N)nc3ccccc3c2n1[C@@H](C)CO[P@@](=O)(N[C@@H](C)C(=O)OC(C)(C)C)Oc1ccccc1. The smallest absolute Gasteiger partial charge is 0.459 e. The first-order valence-electron chi connectivity index (χ1n) is 13.5. The number of nitrogens with zero attached hydrogens (tertiary/aromatic N) is 3. The van der Waals surface area contributed by atoms with Gasteiger partial charge in [-0.05, 0) is 59.7 Å². The summed E-state index contributed by atoms with van der Waals surface area (Å²) in [5.74, 6) is 0.661. The highest BCUT2D eigenvalue weighted by Gasteiger charge is 2.34. The average Bonchev–Trinajstić information content (AvgIpc) is 3.31. The summed E-state index contributed by atoms with van der Waals surface area (Å²) < 4.78 is 39.0. The number of fused-ring (bicyclic) bond motifs is 3. The van der Waals surface area contributed by atoms with Gasteiger partial charge in [-0.25, -0.2) is 14.5 Å². The maximum absolute atomic E-state index is 14.1. The van der Waals surface area contributed by atoms with Crippen molar-refractivity contribution in [3.63, 3.8) is 0 Å². The molecule has 0 radical (unpaired) electrons. The van der Waals surface area contributed by atoms with Crippen LogP contribution in [-0.4, -0.2) is 45.4 Å². The van der Waals surface area contributed by atoms with Gasteiger partial charge in [0.25, 0.3) is 0 Å². The van der Waals surface area contributed by atoms with Gasteiger partial charge in [0, 0.05) is 12.0 Å². The zero-order valence-electron chi connectivity index (χ0n) is 24.3. The second kappa shape index (κ2) is 12.6. The summed E-state index contributed by atoms with van der Waals surface area (Å²) in [6.45, 7) is 11.3. The third-order valence-electron chi connectivity index (χ3n) is 6.07. The molecule has 0 unspecified atom stereocenters. The molecule has 11 nitrogen and oxygen atoms in total. The molecule has 0 saturated heterocycles. The summed E-state index contributed by atoms with van der Waals surface area (Å²) in [5, 5.41) is 3.61. The Hall–Kier alpha value is -3.50. The number of hydrogen-bond acceptors (Lipinski definition) is 9. The van der Waals surface area contributed by atoms with E-state index in [1.165, 1.54) is 0 Å². The monoisotopic (exact) mass is 583 g/mol. The maximum atomic E-state index is 14.1. The van der Waals surface area contributed by atoms with Crippen LogP contribution in [0.25, 0.3) is 21.9 Å². The average molecular weight is 584 g/mol. The minimum Gasteiger partial charge on any atom is -0.459 e. The predicted octanol–water partition coefficient (Wildman–Crippen LogP) is 5.79. The van der Waals surface area contributed by atoms with Gasteiger partial charge in [0.15, 0.2) is 5.82 Å². The number of ether oxygens (including phenoxy) is 2. The number of anilines is 1. The number of hydrogen-bond donors (Lipinski definition) is 2. The van der Waals surface area contributed by atoms with Crippen LogP contribution in [0, 0.1) is 0 Å². The quantitative estimate of drug-likeness (QED) is 0.156. The van der Waals surface area contributed by atoms with E-state index in [0.29, 0.717) is 29.5 Å². The fraction of sp³-hybridized carbons (Fsp3) is 0.414. The molecular formula is C29H38N5O6P. The largest absolute Gasteiger partial charge is 0.459 e. The molecule has 12 heteroatoms. The summed E-state index contributed by atoms with van der Waals surface area (Å²) in [6.07, 6.45) is 0. The van der Waals surface area contributed by atoms with Crippen molar-refractivity contribution in [2.24, 2.45) is 0 Å². The molecule has 2 heterocycles. The first-order chi connectivity index (χ1) is 19.4. The Labute approximate surface area is 239 Å². The minimum absolute atomic E-state index is 0.0563. The summed E-state index contributed by atoms with van der Waals surface area (Å²) >= 11 is 0. The lowest BCUT2D eigenvalue weighted by Crippen LogP contribution is -2.39. The molecule has 0 amide bonds. The van der Waals surface area contributed by atoms with Gasteiger partial charge in [0.05, 0.1) is 23.7 Å². The van der Waals surface area contributed by atoms with Gasteiger partial charge in [-0.2, -0.15) is 5.09 Å². The third-order valence-corrected chi connectivity index (χ3v) is 7.71. The van der Waals surface area contributed by atoms with Crippen LogP contribution >= 0.6 is 7.75 Å². The molecule has 0 spiro atoms. The Bertz CT molecular complexity index is 1550. The summed E-state index contributed by atoms with van der Waals surface area (Å²) in [4.78, 5) is 22.0. The number of esters is 1. The molecule has 4 rings (SSSR count). The second-order valence-electron chi connectivity index (χ2n) is 10.7. The van der Waals surface area contributed by atoms with Crippen LogP contribution in [-0.2, 0) is 30.0 Å².